The molecule has 0 aromatic rings. The van der Waals surface area contributed by atoms with Crippen molar-refractivity contribution in [3.63, 3.8) is 0 Å². The number of imide groups is 2. The number of unbranched alkanes of at least 4 members (excludes halogenated alkanes) is 1. The fraction of sp³-hybridized carbons (Fsp3) is 0.444. The molecule has 0 aromatic heterocycles. The molecule has 12 nitrogen and oxygen atoms in total. The van der Waals surface area contributed by atoms with Gasteiger partial charge in [-0.3, -0.25) is 0 Å². The Morgan fingerprint density at radius 2 is 1.03 bits per heavy atom. The molecule has 0 atom stereocenters. The first-order valence-electron chi connectivity index (χ1n) is 9.39. The molecule has 4 rings (SSSR count). The lowest BCUT2D eigenvalue weighted by molar-refractivity contribution is -0.401. The molecule has 0 saturated carbocycles. The maximum atomic E-state index is 12.2. The minimum atomic E-state index is -0.462. The molecule has 0 unspecified atom stereocenters. The van der Waals surface area contributed by atoms with Crippen LogP contribution in [0.15, 0.2) is 20.0 Å². The highest BCUT2D eigenvalue weighted by Gasteiger charge is 2.45. The second-order valence-corrected chi connectivity index (χ2v) is 7.24. The van der Waals surface area contributed by atoms with E-state index >= 15 is 0 Å². The monoisotopic (exact) mass is 412 g/mol. The zero-order valence-electron chi connectivity index (χ0n) is 17.0. The average Bonchev–Trinajstić information content (AvgIpc) is 3.35. The highest BCUT2D eigenvalue weighted by molar-refractivity contribution is 6.71. The molecule has 154 valence electrons. The number of aliphatic imine (C=N–C) groups is 4. The van der Waals surface area contributed by atoms with E-state index in [4.69, 9.17) is 0 Å². The zero-order valence-corrected chi connectivity index (χ0v) is 17.0. The Bertz CT molecular complexity index is 1030. The molecule has 4 aliphatic heterocycles. The van der Waals surface area contributed by atoms with Crippen LogP contribution in [-0.2, 0) is 9.59 Å². The molecule has 4 heterocycles. The predicted molar refractivity (Wildman–Crippen MR) is 107 cm³/mol. The molecular weight excluding hydrogens is 392 g/mol. The first-order valence-corrected chi connectivity index (χ1v) is 9.39. The lowest BCUT2D eigenvalue weighted by Gasteiger charge is -2.15. The predicted octanol–water partition coefficient (Wildman–Crippen LogP) is -0.481. The first-order chi connectivity index (χ1) is 14.2. The molecule has 0 saturated heterocycles. The lowest BCUT2D eigenvalue weighted by Crippen LogP contribution is -2.51. The van der Waals surface area contributed by atoms with E-state index < -0.39 is 23.9 Å². The summed E-state index contributed by atoms with van der Waals surface area (Å²) < 4.78 is 2.61. The minimum Gasteiger partial charge on any atom is -0.248 e. The molecule has 0 fully saturated rings. The van der Waals surface area contributed by atoms with Gasteiger partial charge in [0.05, 0.1) is 28.2 Å². The summed E-state index contributed by atoms with van der Waals surface area (Å²) in [6, 6.07) is -0.889. The largest absolute Gasteiger partial charge is 0.446 e. The lowest BCUT2D eigenvalue weighted by atomic mass is 10.2. The number of carbonyl (C=O) groups excluding carboxylic acids is 4. The number of hydrogen-bond acceptors (Lipinski definition) is 8. The van der Waals surface area contributed by atoms with Crippen LogP contribution in [-0.4, -0.2) is 106 Å². The van der Waals surface area contributed by atoms with Crippen molar-refractivity contribution in [3.05, 3.63) is 0 Å². The van der Waals surface area contributed by atoms with Crippen LogP contribution in [0, 0.1) is 0 Å². The Hall–Kier alpha value is -3.70. The Kier molecular flexibility index (Phi) is 4.56. The zero-order chi connectivity index (χ0) is 21.7. The number of rotatable bonds is 5. The highest BCUT2D eigenvalue weighted by atomic mass is 16.2. The van der Waals surface area contributed by atoms with Gasteiger partial charge in [-0.25, -0.2) is 29.2 Å². The molecule has 0 N–H and O–H groups in total. The molecule has 12 heteroatoms. The fourth-order valence-electron chi connectivity index (χ4n) is 3.43. The number of fused-ring (bicyclic) bond motifs is 2. The summed E-state index contributed by atoms with van der Waals surface area (Å²) in [5.74, 6) is 0.620. The summed E-state index contributed by atoms with van der Waals surface area (Å²) in [6.45, 7) is 0. The number of nitrogens with zero attached hydrogens (tertiary/aromatic N) is 8. The van der Waals surface area contributed by atoms with Gasteiger partial charge in [-0.1, -0.05) is 9.98 Å². The summed E-state index contributed by atoms with van der Waals surface area (Å²) in [5.41, 5.74) is 0.356. The van der Waals surface area contributed by atoms with Gasteiger partial charge in [0.2, 0.25) is 23.1 Å². The van der Waals surface area contributed by atoms with E-state index in [-0.39, 0.29) is 23.1 Å². The Balaban J connectivity index is 1.39. The van der Waals surface area contributed by atoms with E-state index in [0.29, 0.717) is 37.4 Å². The third kappa shape index (κ3) is 2.91. The SMILES string of the molecule is CN1C(=O)C2=NC(CCCCC3=NC4=[N+](C)C(=O)N(C)C(=O)C4=N3)=NC2=[N+](C)C1=O. The summed E-state index contributed by atoms with van der Waals surface area (Å²) >= 11 is 0. The maximum Gasteiger partial charge on any atom is 0.446 e. The Morgan fingerprint density at radius 1 is 0.667 bits per heavy atom. The van der Waals surface area contributed by atoms with Crippen molar-refractivity contribution in [2.45, 2.75) is 25.7 Å². The quantitative estimate of drug-likeness (QED) is 0.446. The van der Waals surface area contributed by atoms with Crippen molar-refractivity contribution in [1.82, 2.24) is 9.80 Å². The molecule has 0 spiro atoms. The van der Waals surface area contributed by atoms with Gasteiger partial charge in [0.15, 0.2) is 0 Å². The maximum absolute atomic E-state index is 12.2. The Labute approximate surface area is 171 Å². The van der Waals surface area contributed by atoms with E-state index in [1.54, 1.807) is 14.1 Å². The van der Waals surface area contributed by atoms with Crippen LogP contribution < -0.4 is 0 Å². The molecule has 6 amide bonds. The molecular formula is C18H20N8O4+2. The van der Waals surface area contributed by atoms with Gasteiger partial charge in [-0.15, -0.1) is 0 Å². The first kappa shape index (κ1) is 19.6. The third-order valence-corrected chi connectivity index (χ3v) is 5.22. The number of hydrogen-bond donors (Lipinski definition) is 0. The van der Waals surface area contributed by atoms with Crippen LogP contribution in [0.5, 0.6) is 0 Å². The summed E-state index contributed by atoms with van der Waals surface area (Å²) in [4.78, 5) is 67.6. The highest BCUT2D eigenvalue weighted by Crippen LogP contribution is 2.16. The van der Waals surface area contributed by atoms with Crippen LogP contribution >= 0.6 is 0 Å². The van der Waals surface area contributed by atoms with Crippen molar-refractivity contribution in [3.8, 4) is 0 Å². The molecule has 4 aliphatic rings. The minimum absolute atomic E-state index is 0.178. The van der Waals surface area contributed by atoms with Crippen LogP contribution in [0.25, 0.3) is 0 Å². The standard InChI is InChI=1S/C18H20N8O4/c1-23-13-11(15(27)25(3)17(23)29)19-9(21-13)7-5-6-8-10-20-12-14(22-10)24(2)18(30)26(4)16(12)28/h5-8H2,1-4H3/q+2. The van der Waals surface area contributed by atoms with Crippen molar-refractivity contribution < 1.29 is 28.3 Å². The molecule has 30 heavy (non-hydrogen) atoms. The third-order valence-electron chi connectivity index (χ3n) is 5.22. The van der Waals surface area contributed by atoms with Gasteiger partial charge < -0.3 is 0 Å². The van der Waals surface area contributed by atoms with Gasteiger partial charge in [0.25, 0.3) is 0 Å². The number of amidine groups is 4. The van der Waals surface area contributed by atoms with Crippen molar-refractivity contribution in [2.75, 3.05) is 28.2 Å². The van der Waals surface area contributed by atoms with Gasteiger partial charge >= 0.3 is 35.5 Å². The average molecular weight is 412 g/mol. The van der Waals surface area contributed by atoms with Crippen LogP contribution in [0.3, 0.4) is 0 Å². The summed E-state index contributed by atoms with van der Waals surface area (Å²) in [5, 5.41) is 0. The number of amides is 6. The molecule has 0 radical (unpaired) electrons. The topological polar surface area (TPSA) is 130 Å². The Morgan fingerprint density at radius 3 is 1.40 bits per heavy atom. The van der Waals surface area contributed by atoms with Crippen molar-refractivity contribution >= 4 is 58.6 Å². The van der Waals surface area contributed by atoms with E-state index in [0.717, 1.165) is 9.80 Å². The van der Waals surface area contributed by atoms with E-state index in [1.165, 1.54) is 23.2 Å². The number of carbonyl (C=O) groups is 4. The van der Waals surface area contributed by atoms with Gasteiger partial charge in [0.1, 0.15) is 0 Å². The normalized spacial score (nSPS) is 21.2. The molecule has 0 aliphatic carbocycles. The summed E-state index contributed by atoms with van der Waals surface area (Å²) in [7, 11) is 5.92. The van der Waals surface area contributed by atoms with Gasteiger partial charge in [-0.05, 0) is 12.8 Å². The second-order valence-electron chi connectivity index (χ2n) is 7.24. The second kappa shape index (κ2) is 6.97. The molecule has 0 aromatic carbocycles. The van der Waals surface area contributed by atoms with E-state index in [2.05, 4.69) is 20.0 Å². The smallest absolute Gasteiger partial charge is 0.248 e. The van der Waals surface area contributed by atoms with Crippen LogP contribution in [0.2, 0.25) is 0 Å². The van der Waals surface area contributed by atoms with Crippen molar-refractivity contribution in [2.24, 2.45) is 20.0 Å². The van der Waals surface area contributed by atoms with E-state index in [1.807, 2.05) is 0 Å². The van der Waals surface area contributed by atoms with Crippen LogP contribution in [0.4, 0.5) is 9.59 Å². The van der Waals surface area contributed by atoms with E-state index in [9.17, 15) is 19.2 Å². The fourth-order valence-corrected chi connectivity index (χ4v) is 3.43. The summed E-state index contributed by atoms with van der Waals surface area (Å²) in [6.07, 6.45) is 2.44. The molecule has 0 bridgehead atoms. The van der Waals surface area contributed by atoms with Crippen molar-refractivity contribution in [1.29, 1.82) is 0 Å². The van der Waals surface area contributed by atoms with Gasteiger partial charge in [-0.2, -0.15) is 19.0 Å². The van der Waals surface area contributed by atoms with Gasteiger partial charge in [0, 0.05) is 12.8 Å². The van der Waals surface area contributed by atoms with Crippen LogP contribution in [0.1, 0.15) is 25.7 Å². The number of urea groups is 2.